The third kappa shape index (κ3) is 1.39. The number of aryl methyl sites for hydroxylation is 1. The highest BCUT2D eigenvalue weighted by Gasteiger charge is 2.11. The predicted octanol–water partition coefficient (Wildman–Crippen LogP) is 2.17. The summed E-state index contributed by atoms with van der Waals surface area (Å²) in [6.45, 7) is 1.85. The quantitative estimate of drug-likeness (QED) is 0.596. The Labute approximate surface area is 97.5 Å². The molecular formula is C12H12N4O. The van der Waals surface area contributed by atoms with Gasteiger partial charge in [0.25, 0.3) is 0 Å². The number of nitrogens with zero attached hydrogens (tertiary/aromatic N) is 2. The maximum absolute atomic E-state index is 9.55. The second-order valence-corrected chi connectivity index (χ2v) is 3.95. The SMILES string of the molecule is CNc1nc(C)nc2[nH]c3ccc(O)cc3c12. The molecule has 0 unspecified atom stereocenters. The van der Waals surface area contributed by atoms with E-state index in [1.165, 1.54) is 0 Å². The zero-order valence-electron chi connectivity index (χ0n) is 9.57. The molecule has 0 aliphatic rings. The van der Waals surface area contributed by atoms with Crippen LogP contribution in [0.2, 0.25) is 0 Å². The van der Waals surface area contributed by atoms with Crippen molar-refractivity contribution in [1.29, 1.82) is 0 Å². The Bertz CT molecular complexity index is 717. The molecule has 0 bridgehead atoms. The molecule has 0 aliphatic heterocycles. The molecule has 5 heteroatoms. The lowest BCUT2D eigenvalue weighted by molar-refractivity contribution is 0.476. The Kier molecular flexibility index (Phi) is 1.95. The molecule has 2 aromatic heterocycles. The lowest BCUT2D eigenvalue weighted by Crippen LogP contribution is -1.97. The maximum atomic E-state index is 9.55. The van der Waals surface area contributed by atoms with Crippen LogP contribution in [0.4, 0.5) is 5.82 Å². The molecule has 0 saturated carbocycles. The summed E-state index contributed by atoms with van der Waals surface area (Å²) in [7, 11) is 1.82. The Balaban J connectivity index is 2.53. The summed E-state index contributed by atoms with van der Waals surface area (Å²) in [5.74, 6) is 1.71. The smallest absolute Gasteiger partial charge is 0.144 e. The van der Waals surface area contributed by atoms with E-state index in [-0.39, 0.29) is 5.75 Å². The first-order chi connectivity index (χ1) is 8.19. The molecule has 5 nitrogen and oxygen atoms in total. The van der Waals surface area contributed by atoms with E-state index >= 15 is 0 Å². The van der Waals surface area contributed by atoms with Crippen molar-refractivity contribution in [3.63, 3.8) is 0 Å². The van der Waals surface area contributed by atoms with E-state index in [9.17, 15) is 5.11 Å². The average Bonchev–Trinajstić information content (AvgIpc) is 2.65. The fourth-order valence-corrected chi connectivity index (χ4v) is 2.07. The maximum Gasteiger partial charge on any atom is 0.144 e. The van der Waals surface area contributed by atoms with Gasteiger partial charge in [0.05, 0.1) is 5.39 Å². The standard InChI is InChI=1S/C12H12N4O/c1-6-14-11(13-2)10-8-5-7(17)3-4-9(8)16-12(10)15-6/h3-5,17H,1-2H3,(H2,13,14,15,16). The minimum absolute atomic E-state index is 0.237. The highest BCUT2D eigenvalue weighted by Crippen LogP contribution is 2.31. The second kappa shape index (κ2) is 3.35. The molecule has 0 aliphatic carbocycles. The number of rotatable bonds is 1. The number of aromatic nitrogens is 3. The van der Waals surface area contributed by atoms with Crippen LogP contribution in [-0.2, 0) is 0 Å². The fourth-order valence-electron chi connectivity index (χ4n) is 2.07. The number of hydrogen-bond donors (Lipinski definition) is 3. The highest BCUT2D eigenvalue weighted by atomic mass is 16.3. The molecule has 2 heterocycles. The lowest BCUT2D eigenvalue weighted by atomic mass is 10.2. The Morgan fingerprint density at radius 3 is 2.88 bits per heavy atom. The van der Waals surface area contributed by atoms with Gasteiger partial charge in [0, 0.05) is 18.0 Å². The first-order valence-electron chi connectivity index (χ1n) is 5.36. The van der Waals surface area contributed by atoms with Crippen molar-refractivity contribution in [3.8, 4) is 5.75 Å². The van der Waals surface area contributed by atoms with Crippen molar-refractivity contribution in [2.24, 2.45) is 0 Å². The van der Waals surface area contributed by atoms with Gasteiger partial charge in [0.1, 0.15) is 23.0 Å². The summed E-state index contributed by atoms with van der Waals surface area (Å²) in [5.41, 5.74) is 1.72. The van der Waals surface area contributed by atoms with Crippen molar-refractivity contribution in [2.75, 3.05) is 12.4 Å². The number of nitrogens with one attached hydrogen (secondary N) is 2. The molecule has 3 aromatic rings. The van der Waals surface area contributed by atoms with E-state index in [2.05, 4.69) is 20.3 Å². The van der Waals surface area contributed by atoms with E-state index in [1.54, 1.807) is 12.1 Å². The van der Waals surface area contributed by atoms with Gasteiger partial charge >= 0.3 is 0 Å². The summed E-state index contributed by atoms with van der Waals surface area (Å²) >= 11 is 0. The van der Waals surface area contributed by atoms with Gasteiger partial charge in [-0.05, 0) is 25.1 Å². The Hall–Kier alpha value is -2.30. The van der Waals surface area contributed by atoms with E-state index in [1.807, 2.05) is 20.0 Å². The van der Waals surface area contributed by atoms with Gasteiger partial charge in [-0.1, -0.05) is 0 Å². The molecule has 0 fully saturated rings. The van der Waals surface area contributed by atoms with Crippen LogP contribution >= 0.6 is 0 Å². The number of aromatic amines is 1. The summed E-state index contributed by atoms with van der Waals surface area (Å²) in [6, 6.07) is 5.20. The van der Waals surface area contributed by atoms with Gasteiger partial charge in [-0.2, -0.15) is 0 Å². The fraction of sp³-hybridized carbons (Fsp3) is 0.167. The molecule has 0 radical (unpaired) electrons. The summed E-state index contributed by atoms with van der Waals surface area (Å²) in [5, 5.41) is 14.4. The summed E-state index contributed by atoms with van der Waals surface area (Å²) < 4.78 is 0. The van der Waals surface area contributed by atoms with Gasteiger partial charge in [0.15, 0.2) is 0 Å². The van der Waals surface area contributed by atoms with Crippen LogP contribution in [0.3, 0.4) is 0 Å². The zero-order chi connectivity index (χ0) is 12.0. The van der Waals surface area contributed by atoms with Crippen LogP contribution in [0.25, 0.3) is 21.9 Å². The van der Waals surface area contributed by atoms with Crippen LogP contribution in [-0.4, -0.2) is 27.1 Å². The summed E-state index contributed by atoms with van der Waals surface area (Å²) in [4.78, 5) is 11.9. The number of hydrogen-bond acceptors (Lipinski definition) is 4. The minimum atomic E-state index is 0.237. The van der Waals surface area contributed by atoms with Crippen molar-refractivity contribution in [2.45, 2.75) is 6.92 Å². The Morgan fingerprint density at radius 1 is 1.29 bits per heavy atom. The third-order valence-corrected chi connectivity index (χ3v) is 2.78. The van der Waals surface area contributed by atoms with E-state index < -0.39 is 0 Å². The monoisotopic (exact) mass is 228 g/mol. The number of aromatic hydroxyl groups is 1. The van der Waals surface area contributed by atoms with E-state index in [4.69, 9.17) is 0 Å². The largest absolute Gasteiger partial charge is 0.508 e. The van der Waals surface area contributed by atoms with Gasteiger partial charge in [-0.25, -0.2) is 9.97 Å². The number of H-pyrrole nitrogens is 1. The van der Waals surface area contributed by atoms with E-state index in [0.29, 0.717) is 5.82 Å². The molecule has 0 amide bonds. The average molecular weight is 228 g/mol. The van der Waals surface area contributed by atoms with Gasteiger partial charge in [0.2, 0.25) is 0 Å². The molecule has 0 atom stereocenters. The molecular weight excluding hydrogens is 216 g/mol. The summed E-state index contributed by atoms with van der Waals surface area (Å²) in [6.07, 6.45) is 0. The molecule has 86 valence electrons. The zero-order valence-corrected chi connectivity index (χ0v) is 9.57. The van der Waals surface area contributed by atoms with Gasteiger partial charge in [-0.3, -0.25) is 0 Å². The van der Waals surface area contributed by atoms with Crippen LogP contribution in [0.5, 0.6) is 5.75 Å². The Morgan fingerprint density at radius 2 is 2.12 bits per heavy atom. The first kappa shape index (κ1) is 9.89. The molecule has 3 rings (SSSR count). The predicted molar refractivity (Wildman–Crippen MR) is 67.3 cm³/mol. The number of anilines is 1. The van der Waals surface area contributed by atoms with Gasteiger partial charge in [-0.15, -0.1) is 0 Å². The van der Waals surface area contributed by atoms with Crippen molar-refractivity contribution >= 4 is 27.8 Å². The molecule has 1 aromatic carbocycles. The van der Waals surface area contributed by atoms with Crippen LogP contribution in [0, 0.1) is 6.92 Å². The number of benzene rings is 1. The van der Waals surface area contributed by atoms with E-state index in [0.717, 1.165) is 27.8 Å². The highest BCUT2D eigenvalue weighted by molar-refractivity contribution is 6.11. The number of fused-ring (bicyclic) bond motifs is 3. The van der Waals surface area contributed by atoms with Gasteiger partial charge < -0.3 is 15.4 Å². The van der Waals surface area contributed by atoms with Crippen molar-refractivity contribution < 1.29 is 5.11 Å². The topological polar surface area (TPSA) is 73.8 Å². The van der Waals surface area contributed by atoms with Crippen molar-refractivity contribution in [1.82, 2.24) is 15.0 Å². The minimum Gasteiger partial charge on any atom is -0.508 e. The van der Waals surface area contributed by atoms with Crippen LogP contribution < -0.4 is 5.32 Å². The first-order valence-corrected chi connectivity index (χ1v) is 5.36. The molecule has 0 saturated heterocycles. The molecule has 17 heavy (non-hydrogen) atoms. The van der Waals surface area contributed by atoms with Crippen molar-refractivity contribution in [3.05, 3.63) is 24.0 Å². The second-order valence-electron chi connectivity index (χ2n) is 3.95. The molecule has 3 N–H and O–H groups in total. The lowest BCUT2D eigenvalue weighted by Gasteiger charge is -2.02. The van der Waals surface area contributed by atoms with Crippen LogP contribution in [0.15, 0.2) is 18.2 Å². The normalized spacial score (nSPS) is 11.2. The number of phenols is 1. The molecule has 0 spiro atoms. The number of phenolic OH excluding ortho intramolecular Hbond substituents is 1. The third-order valence-electron chi connectivity index (χ3n) is 2.78. The van der Waals surface area contributed by atoms with Crippen LogP contribution in [0.1, 0.15) is 5.82 Å².